The van der Waals surface area contributed by atoms with Crippen LogP contribution in [0.15, 0.2) is 18.2 Å². The van der Waals surface area contributed by atoms with Crippen LogP contribution in [0, 0.1) is 29.9 Å². The van der Waals surface area contributed by atoms with Crippen molar-refractivity contribution in [3.8, 4) is 12.3 Å². The van der Waals surface area contributed by atoms with Gasteiger partial charge in [-0.3, -0.25) is 0 Å². The van der Waals surface area contributed by atoms with E-state index in [9.17, 15) is 8.78 Å². The van der Waals surface area contributed by atoms with Gasteiger partial charge in [-0.05, 0) is 24.1 Å². The Morgan fingerprint density at radius 3 is 2.62 bits per heavy atom. The van der Waals surface area contributed by atoms with Gasteiger partial charge in [0.2, 0.25) is 0 Å². The molecule has 0 fully saturated rings. The van der Waals surface area contributed by atoms with Crippen LogP contribution in [0.5, 0.6) is 0 Å². The summed E-state index contributed by atoms with van der Waals surface area (Å²) in [6, 6.07) is 3.85. The highest BCUT2D eigenvalue weighted by molar-refractivity contribution is 5.19. The molecule has 0 nitrogen and oxygen atoms in total. The van der Waals surface area contributed by atoms with E-state index < -0.39 is 11.6 Å². The van der Waals surface area contributed by atoms with Crippen molar-refractivity contribution in [3.05, 3.63) is 35.4 Å². The van der Waals surface area contributed by atoms with Crippen molar-refractivity contribution < 1.29 is 8.78 Å². The van der Waals surface area contributed by atoms with Crippen molar-refractivity contribution in [2.75, 3.05) is 0 Å². The number of hydrogen-bond acceptors (Lipinski definition) is 0. The highest BCUT2D eigenvalue weighted by Gasteiger charge is 2.04. The van der Waals surface area contributed by atoms with Gasteiger partial charge in [-0.15, -0.1) is 12.3 Å². The van der Waals surface area contributed by atoms with E-state index in [2.05, 4.69) is 5.92 Å². The third-order valence-corrected chi connectivity index (χ3v) is 1.81. The van der Waals surface area contributed by atoms with Gasteiger partial charge < -0.3 is 0 Å². The Labute approximate surface area is 76.6 Å². The van der Waals surface area contributed by atoms with E-state index >= 15 is 0 Å². The number of rotatable bonds is 2. The van der Waals surface area contributed by atoms with Gasteiger partial charge in [0.15, 0.2) is 11.6 Å². The second-order valence-corrected chi connectivity index (χ2v) is 3.02. The largest absolute Gasteiger partial charge is 0.204 e. The van der Waals surface area contributed by atoms with E-state index in [0.29, 0.717) is 6.42 Å². The molecule has 0 spiro atoms. The summed E-state index contributed by atoms with van der Waals surface area (Å²) in [4.78, 5) is 0. The standard InChI is InChI=1S/C11H10F2/c1-3-8(2)6-9-4-5-10(12)11(13)7-9/h1,4-5,7-8H,6H2,2H3. The molecule has 0 aromatic heterocycles. The molecular formula is C11H10F2. The molecule has 1 aromatic rings. The fourth-order valence-electron chi connectivity index (χ4n) is 1.08. The third-order valence-electron chi connectivity index (χ3n) is 1.81. The van der Waals surface area contributed by atoms with Crippen LogP contribution in [0.4, 0.5) is 8.78 Å². The fourth-order valence-corrected chi connectivity index (χ4v) is 1.08. The molecule has 13 heavy (non-hydrogen) atoms. The zero-order valence-corrected chi connectivity index (χ0v) is 7.35. The van der Waals surface area contributed by atoms with E-state index in [-0.39, 0.29) is 5.92 Å². The van der Waals surface area contributed by atoms with Crippen LogP contribution in [0.2, 0.25) is 0 Å². The maximum atomic E-state index is 12.7. The lowest BCUT2D eigenvalue weighted by molar-refractivity contribution is 0.506. The lowest BCUT2D eigenvalue weighted by atomic mass is 10.0. The molecule has 0 radical (unpaired) electrons. The SMILES string of the molecule is C#CC(C)Cc1ccc(F)c(F)c1. The molecule has 0 amide bonds. The molecule has 0 aliphatic carbocycles. The highest BCUT2D eigenvalue weighted by Crippen LogP contribution is 2.12. The first-order valence-electron chi connectivity index (χ1n) is 4.03. The predicted octanol–water partition coefficient (Wildman–Crippen LogP) is 2.78. The average molecular weight is 180 g/mol. The first-order chi connectivity index (χ1) is 6.13. The first kappa shape index (κ1) is 9.73. The molecule has 0 aliphatic heterocycles. The Hall–Kier alpha value is -1.36. The Morgan fingerprint density at radius 1 is 1.38 bits per heavy atom. The van der Waals surface area contributed by atoms with Gasteiger partial charge in [0.25, 0.3) is 0 Å². The van der Waals surface area contributed by atoms with Crippen molar-refractivity contribution in [1.82, 2.24) is 0 Å². The second kappa shape index (κ2) is 4.04. The molecule has 0 N–H and O–H groups in total. The van der Waals surface area contributed by atoms with Crippen LogP contribution in [-0.2, 0) is 6.42 Å². The molecule has 1 atom stereocenters. The minimum absolute atomic E-state index is 0.0462. The minimum atomic E-state index is -0.822. The summed E-state index contributed by atoms with van der Waals surface area (Å²) in [6.45, 7) is 1.86. The van der Waals surface area contributed by atoms with Crippen molar-refractivity contribution in [1.29, 1.82) is 0 Å². The number of terminal acetylenes is 1. The zero-order chi connectivity index (χ0) is 9.84. The summed E-state index contributed by atoms with van der Waals surface area (Å²) in [6.07, 6.45) is 5.75. The van der Waals surface area contributed by atoms with Crippen LogP contribution in [0.1, 0.15) is 12.5 Å². The highest BCUT2D eigenvalue weighted by atomic mass is 19.2. The Bertz CT molecular complexity index is 336. The van der Waals surface area contributed by atoms with E-state index in [1.54, 1.807) is 6.07 Å². The van der Waals surface area contributed by atoms with E-state index in [1.165, 1.54) is 6.07 Å². The minimum Gasteiger partial charge on any atom is -0.204 e. The van der Waals surface area contributed by atoms with Crippen LogP contribution in [0.25, 0.3) is 0 Å². The maximum absolute atomic E-state index is 12.7. The normalized spacial score (nSPS) is 12.2. The molecular weight excluding hydrogens is 170 g/mol. The summed E-state index contributed by atoms with van der Waals surface area (Å²) in [7, 11) is 0. The fraction of sp³-hybridized carbons (Fsp3) is 0.273. The third kappa shape index (κ3) is 2.55. The lowest BCUT2D eigenvalue weighted by Crippen LogP contribution is -1.97. The smallest absolute Gasteiger partial charge is 0.159 e. The lowest BCUT2D eigenvalue weighted by Gasteiger charge is -2.04. The molecule has 0 bridgehead atoms. The number of benzene rings is 1. The van der Waals surface area contributed by atoms with Crippen molar-refractivity contribution in [2.24, 2.45) is 5.92 Å². The van der Waals surface area contributed by atoms with Crippen LogP contribution in [-0.4, -0.2) is 0 Å². The molecule has 1 unspecified atom stereocenters. The van der Waals surface area contributed by atoms with Crippen molar-refractivity contribution in [3.63, 3.8) is 0 Å². The van der Waals surface area contributed by atoms with E-state index in [4.69, 9.17) is 6.42 Å². The molecule has 0 aliphatic rings. The number of halogens is 2. The topological polar surface area (TPSA) is 0 Å². The second-order valence-electron chi connectivity index (χ2n) is 3.02. The molecule has 0 saturated heterocycles. The monoisotopic (exact) mass is 180 g/mol. The summed E-state index contributed by atoms with van der Waals surface area (Å²) in [5.41, 5.74) is 0.726. The first-order valence-corrected chi connectivity index (χ1v) is 4.03. The van der Waals surface area contributed by atoms with Gasteiger partial charge in [0, 0.05) is 5.92 Å². The molecule has 1 aromatic carbocycles. The predicted molar refractivity (Wildman–Crippen MR) is 48.1 cm³/mol. The average Bonchev–Trinajstić information content (AvgIpc) is 2.11. The van der Waals surface area contributed by atoms with Crippen molar-refractivity contribution in [2.45, 2.75) is 13.3 Å². The Morgan fingerprint density at radius 2 is 2.08 bits per heavy atom. The maximum Gasteiger partial charge on any atom is 0.159 e. The summed E-state index contributed by atoms with van der Waals surface area (Å²) < 4.78 is 25.2. The van der Waals surface area contributed by atoms with Crippen LogP contribution >= 0.6 is 0 Å². The zero-order valence-electron chi connectivity index (χ0n) is 7.35. The van der Waals surface area contributed by atoms with Gasteiger partial charge in [-0.25, -0.2) is 8.78 Å². The van der Waals surface area contributed by atoms with E-state index in [0.717, 1.165) is 11.6 Å². The number of hydrogen-bond donors (Lipinski definition) is 0. The Kier molecular flexibility index (Phi) is 3.02. The van der Waals surface area contributed by atoms with Gasteiger partial charge in [-0.1, -0.05) is 13.0 Å². The summed E-state index contributed by atoms with van der Waals surface area (Å²) in [5.74, 6) is 0.937. The van der Waals surface area contributed by atoms with Crippen LogP contribution in [0.3, 0.4) is 0 Å². The molecule has 1 rings (SSSR count). The quantitative estimate of drug-likeness (QED) is 0.614. The molecule has 0 heterocycles. The molecule has 0 saturated carbocycles. The van der Waals surface area contributed by atoms with Gasteiger partial charge in [0.05, 0.1) is 0 Å². The van der Waals surface area contributed by atoms with E-state index in [1.807, 2.05) is 6.92 Å². The van der Waals surface area contributed by atoms with Crippen molar-refractivity contribution >= 4 is 0 Å². The summed E-state index contributed by atoms with van der Waals surface area (Å²) >= 11 is 0. The van der Waals surface area contributed by atoms with Gasteiger partial charge in [-0.2, -0.15) is 0 Å². The van der Waals surface area contributed by atoms with Crippen LogP contribution < -0.4 is 0 Å². The Balaban J connectivity index is 2.81. The van der Waals surface area contributed by atoms with Gasteiger partial charge >= 0.3 is 0 Å². The molecule has 2 heteroatoms. The molecule has 68 valence electrons. The summed E-state index contributed by atoms with van der Waals surface area (Å²) in [5, 5.41) is 0. The van der Waals surface area contributed by atoms with Gasteiger partial charge in [0.1, 0.15) is 0 Å².